The first kappa shape index (κ1) is 22.8. The number of aromatic nitrogens is 7. The van der Waals surface area contributed by atoms with Crippen molar-refractivity contribution in [1.82, 2.24) is 34.5 Å². The van der Waals surface area contributed by atoms with Crippen molar-refractivity contribution in [3.05, 3.63) is 65.9 Å². The molecule has 0 amide bonds. The molecule has 0 bridgehead atoms. The van der Waals surface area contributed by atoms with Crippen LogP contribution in [0.2, 0.25) is 0 Å². The average molecular weight is 495 g/mol. The van der Waals surface area contributed by atoms with Crippen LogP contribution in [-0.4, -0.2) is 47.9 Å². The van der Waals surface area contributed by atoms with Crippen LogP contribution in [0.3, 0.4) is 0 Å². The second-order valence-electron chi connectivity index (χ2n) is 9.36. The fraction of sp³-hybridized carbons (Fsp3) is 0.259. The van der Waals surface area contributed by atoms with Crippen LogP contribution in [0.15, 0.2) is 48.9 Å². The number of fused-ring (bicyclic) bond motifs is 1. The quantitative estimate of drug-likeness (QED) is 0.310. The van der Waals surface area contributed by atoms with Gasteiger partial charge in [0.1, 0.15) is 17.9 Å². The number of imidazole rings is 1. The highest BCUT2D eigenvalue weighted by molar-refractivity contribution is 5.88. The maximum atomic E-state index is 11.9. The molecule has 0 spiro atoms. The first-order valence-electron chi connectivity index (χ1n) is 12.2. The third-order valence-corrected chi connectivity index (χ3v) is 6.56. The van der Waals surface area contributed by atoms with Crippen molar-refractivity contribution in [2.75, 3.05) is 12.4 Å². The number of aryl methyl sites for hydroxylation is 2. The van der Waals surface area contributed by atoms with Crippen LogP contribution in [0.25, 0.3) is 28.1 Å². The molecule has 1 N–H and O–H groups in total. The Morgan fingerprint density at radius 1 is 1.14 bits per heavy atom. The number of rotatable bonds is 8. The van der Waals surface area contributed by atoms with Crippen LogP contribution in [0, 0.1) is 19.8 Å². The Bertz CT molecular complexity index is 1620. The second-order valence-corrected chi connectivity index (χ2v) is 9.36. The molecule has 6 rings (SSSR count). The molecule has 5 aromatic rings. The molecule has 0 radical (unpaired) electrons. The van der Waals surface area contributed by atoms with Gasteiger partial charge in [-0.3, -0.25) is 14.0 Å². The van der Waals surface area contributed by atoms with Crippen molar-refractivity contribution < 1.29 is 9.53 Å². The van der Waals surface area contributed by atoms with E-state index in [9.17, 15) is 4.79 Å². The molecule has 10 nitrogen and oxygen atoms in total. The zero-order valence-electron chi connectivity index (χ0n) is 20.8. The van der Waals surface area contributed by atoms with E-state index in [0.717, 1.165) is 46.5 Å². The number of nitrogens with zero attached hydrogens (tertiary/aromatic N) is 7. The van der Waals surface area contributed by atoms with Gasteiger partial charge in [-0.2, -0.15) is 10.2 Å². The van der Waals surface area contributed by atoms with Gasteiger partial charge in [-0.25, -0.2) is 9.97 Å². The third-order valence-electron chi connectivity index (χ3n) is 6.56. The van der Waals surface area contributed by atoms with Gasteiger partial charge in [-0.1, -0.05) is 0 Å². The normalized spacial score (nSPS) is 13.2. The summed E-state index contributed by atoms with van der Waals surface area (Å²) in [5, 5.41) is 16.2. The summed E-state index contributed by atoms with van der Waals surface area (Å²) in [6.07, 6.45) is 7.04. The number of ether oxygens (including phenoxy) is 1. The van der Waals surface area contributed by atoms with Crippen molar-refractivity contribution >= 4 is 28.8 Å². The largest absolute Gasteiger partial charge is 0.494 e. The number of nitrogens with one attached hydrogen (secondary N) is 1. The lowest BCUT2D eigenvalue weighted by molar-refractivity contribution is 0.112. The summed E-state index contributed by atoms with van der Waals surface area (Å²) < 4.78 is 9.52. The zero-order chi connectivity index (χ0) is 25.5. The molecular formula is C27H26N8O2. The molecule has 186 valence electrons. The Morgan fingerprint density at radius 2 is 2.00 bits per heavy atom. The molecular weight excluding hydrogens is 468 g/mol. The molecule has 4 heterocycles. The number of carbonyl (C=O) groups excluding carboxylic acids is 1. The summed E-state index contributed by atoms with van der Waals surface area (Å²) >= 11 is 0. The summed E-state index contributed by atoms with van der Waals surface area (Å²) in [5.74, 6) is 2.57. The Hall–Kier alpha value is -4.60. The maximum absolute atomic E-state index is 11.9. The van der Waals surface area contributed by atoms with Crippen LogP contribution in [0.5, 0.6) is 5.75 Å². The Morgan fingerprint density at radius 3 is 2.73 bits per heavy atom. The molecule has 4 aromatic heterocycles. The molecule has 0 unspecified atom stereocenters. The van der Waals surface area contributed by atoms with Crippen LogP contribution < -0.4 is 10.1 Å². The lowest BCUT2D eigenvalue weighted by Crippen LogP contribution is -2.02. The van der Waals surface area contributed by atoms with E-state index in [0.29, 0.717) is 34.6 Å². The number of pyridine rings is 1. The van der Waals surface area contributed by atoms with E-state index in [4.69, 9.17) is 9.72 Å². The van der Waals surface area contributed by atoms with Gasteiger partial charge < -0.3 is 10.1 Å². The van der Waals surface area contributed by atoms with Gasteiger partial charge in [0, 0.05) is 29.9 Å². The van der Waals surface area contributed by atoms with E-state index < -0.39 is 0 Å². The Labute approximate surface area is 213 Å². The number of methoxy groups -OCH3 is 1. The average Bonchev–Trinajstić information content (AvgIpc) is 3.51. The van der Waals surface area contributed by atoms with Gasteiger partial charge in [0.2, 0.25) is 0 Å². The zero-order valence-corrected chi connectivity index (χ0v) is 20.8. The first-order chi connectivity index (χ1) is 18.0. The predicted octanol–water partition coefficient (Wildman–Crippen LogP) is 4.67. The number of hydrogen-bond donors (Lipinski definition) is 1. The second kappa shape index (κ2) is 9.12. The van der Waals surface area contributed by atoms with Crippen molar-refractivity contribution in [1.29, 1.82) is 0 Å². The molecule has 1 fully saturated rings. The van der Waals surface area contributed by atoms with Crippen LogP contribution in [0.1, 0.15) is 34.6 Å². The van der Waals surface area contributed by atoms with Crippen molar-refractivity contribution in [3.63, 3.8) is 0 Å². The molecule has 1 aliphatic carbocycles. The molecule has 0 saturated heterocycles. The minimum Gasteiger partial charge on any atom is -0.494 e. The topological polar surface area (TPSA) is 113 Å². The predicted molar refractivity (Wildman–Crippen MR) is 140 cm³/mol. The third kappa shape index (κ3) is 4.42. The summed E-state index contributed by atoms with van der Waals surface area (Å²) in [4.78, 5) is 21.4. The van der Waals surface area contributed by atoms with Gasteiger partial charge in [0.05, 0.1) is 40.9 Å². The summed E-state index contributed by atoms with van der Waals surface area (Å²) in [6, 6.07) is 11.2. The van der Waals surface area contributed by atoms with E-state index in [1.807, 2.05) is 59.6 Å². The number of carbonyl (C=O) groups is 1. The van der Waals surface area contributed by atoms with E-state index in [1.54, 1.807) is 19.5 Å². The molecule has 37 heavy (non-hydrogen) atoms. The molecule has 0 atom stereocenters. The van der Waals surface area contributed by atoms with Gasteiger partial charge in [-0.15, -0.1) is 5.10 Å². The van der Waals surface area contributed by atoms with E-state index in [-0.39, 0.29) is 0 Å². The molecule has 1 aromatic carbocycles. The van der Waals surface area contributed by atoms with Crippen molar-refractivity contribution in [2.45, 2.75) is 33.2 Å². The standard InChI is InChI=1S/C27H26N8O2/c1-16-4-8-25(32-31-16)29-22-10-21-23(11-24(22)37-3)35(15-28-21)26-9-7-19(14-36)27(30-26)20-13-34(33-17(20)2)12-18-5-6-18/h4,7-11,13-15,18H,5-6,12H2,1-3H3,(H,29,32). The maximum Gasteiger partial charge on any atom is 0.153 e. The highest BCUT2D eigenvalue weighted by Gasteiger charge is 2.23. The summed E-state index contributed by atoms with van der Waals surface area (Å²) in [6.45, 7) is 4.73. The van der Waals surface area contributed by atoms with E-state index in [2.05, 4.69) is 25.6 Å². The van der Waals surface area contributed by atoms with Gasteiger partial charge in [-0.05, 0) is 62.9 Å². The number of aldehydes is 1. The summed E-state index contributed by atoms with van der Waals surface area (Å²) in [7, 11) is 1.62. The fourth-order valence-corrected chi connectivity index (χ4v) is 4.40. The molecule has 0 aliphatic heterocycles. The lowest BCUT2D eigenvalue weighted by atomic mass is 10.1. The van der Waals surface area contributed by atoms with Crippen LogP contribution in [-0.2, 0) is 6.54 Å². The molecule has 1 aliphatic rings. The van der Waals surface area contributed by atoms with E-state index in [1.165, 1.54) is 12.8 Å². The summed E-state index contributed by atoms with van der Waals surface area (Å²) in [5.41, 5.74) is 5.96. The Kier molecular flexibility index (Phi) is 5.63. The minimum absolute atomic E-state index is 0.519. The van der Waals surface area contributed by atoms with Gasteiger partial charge >= 0.3 is 0 Å². The Balaban J connectivity index is 1.39. The van der Waals surface area contributed by atoms with Crippen molar-refractivity contribution in [3.8, 4) is 22.8 Å². The first-order valence-corrected chi connectivity index (χ1v) is 12.2. The minimum atomic E-state index is 0.519. The smallest absolute Gasteiger partial charge is 0.153 e. The van der Waals surface area contributed by atoms with Crippen LogP contribution >= 0.6 is 0 Å². The van der Waals surface area contributed by atoms with Crippen LogP contribution in [0.4, 0.5) is 11.5 Å². The highest BCUT2D eigenvalue weighted by Crippen LogP contribution is 2.34. The lowest BCUT2D eigenvalue weighted by Gasteiger charge is -2.12. The SMILES string of the molecule is COc1cc2c(cc1Nc1ccc(C)nn1)ncn2-c1ccc(C=O)c(-c2cn(CC3CC3)nc2C)n1. The monoisotopic (exact) mass is 494 g/mol. The van der Waals surface area contributed by atoms with Gasteiger partial charge in [0.25, 0.3) is 0 Å². The fourth-order valence-electron chi connectivity index (χ4n) is 4.40. The number of hydrogen-bond acceptors (Lipinski definition) is 8. The number of benzene rings is 1. The molecule has 10 heteroatoms. The van der Waals surface area contributed by atoms with Gasteiger partial charge in [0.15, 0.2) is 12.1 Å². The van der Waals surface area contributed by atoms with E-state index >= 15 is 0 Å². The highest BCUT2D eigenvalue weighted by atomic mass is 16.5. The number of anilines is 2. The van der Waals surface area contributed by atoms with Crippen molar-refractivity contribution in [2.24, 2.45) is 5.92 Å². The molecule has 1 saturated carbocycles.